The molecule has 4 heteroatoms. The van der Waals surface area contributed by atoms with Gasteiger partial charge in [0.05, 0.1) is 0 Å². The van der Waals surface area contributed by atoms with Gasteiger partial charge in [-0.1, -0.05) is 60.7 Å². The molecule has 0 unspecified atom stereocenters. The predicted molar refractivity (Wildman–Crippen MR) is 116 cm³/mol. The quantitative estimate of drug-likeness (QED) is 0.811. The second-order valence-corrected chi connectivity index (χ2v) is 8.21. The molecule has 2 saturated heterocycles. The number of fused-ring (bicyclic) bond motifs is 3. The monoisotopic (exact) mass is 378 g/mol. The van der Waals surface area contributed by atoms with Crippen molar-refractivity contribution in [2.75, 3.05) is 65.4 Å². The molecule has 2 fully saturated rings. The number of nitrogens with zero attached hydrogens (tertiary/aromatic N) is 4. The van der Waals surface area contributed by atoms with Crippen LogP contribution in [0.5, 0.6) is 0 Å². The molecule has 150 valence electrons. The second kappa shape index (κ2) is 10.2. The molecule has 0 aliphatic carbocycles. The Morgan fingerprint density at radius 1 is 0.429 bits per heavy atom. The molecule has 2 aromatic carbocycles. The summed E-state index contributed by atoms with van der Waals surface area (Å²) < 4.78 is 0. The van der Waals surface area contributed by atoms with E-state index in [2.05, 4.69) is 80.3 Å². The molecule has 0 N–H and O–H groups in total. The van der Waals surface area contributed by atoms with Crippen LogP contribution in [0.3, 0.4) is 0 Å². The standard InChI is InChI=1S/C24H34N4/c1-3-7-23(8-4-1)21-27-17-13-25-11-12-26(14-18-27)16-20-28(19-15-25)22-24-9-5-2-6-10-24/h1-10H,11-22H2. The van der Waals surface area contributed by atoms with Crippen LogP contribution in [0.25, 0.3) is 0 Å². The predicted octanol–water partition coefficient (Wildman–Crippen LogP) is 2.62. The van der Waals surface area contributed by atoms with Crippen LogP contribution in [-0.4, -0.2) is 85.0 Å². The molecule has 2 aromatic rings. The topological polar surface area (TPSA) is 13.0 Å². The van der Waals surface area contributed by atoms with Crippen LogP contribution in [-0.2, 0) is 13.1 Å². The molecular weight excluding hydrogens is 344 g/mol. The Morgan fingerprint density at radius 3 is 1.11 bits per heavy atom. The van der Waals surface area contributed by atoms with Crippen molar-refractivity contribution >= 4 is 0 Å². The first kappa shape index (κ1) is 19.6. The second-order valence-electron chi connectivity index (χ2n) is 8.21. The molecule has 2 aliphatic heterocycles. The van der Waals surface area contributed by atoms with Gasteiger partial charge in [-0.25, -0.2) is 0 Å². The van der Waals surface area contributed by atoms with Crippen molar-refractivity contribution in [3.63, 3.8) is 0 Å². The molecule has 2 heterocycles. The van der Waals surface area contributed by atoms with E-state index in [4.69, 9.17) is 0 Å². The smallest absolute Gasteiger partial charge is 0.0234 e. The van der Waals surface area contributed by atoms with E-state index in [0.717, 1.165) is 13.1 Å². The van der Waals surface area contributed by atoms with Gasteiger partial charge in [0, 0.05) is 78.5 Å². The van der Waals surface area contributed by atoms with Crippen LogP contribution in [0, 0.1) is 0 Å². The zero-order valence-corrected chi connectivity index (χ0v) is 17.0. The lowest BCUT2D eigenvalue weighted by molar-refractivity contribution is 0.168. The van der Waals surface area contributed by atoms with Crippen LogP contribution in [0.4, 0.5) is 0 Å². The molecule has 0 amide bonds. The highest BCUT2D eigenvalue weighted by Gasteiger charge is 2.20. The van der Waals surface area contributed by atoms with Crippen LogP contribution >= 0.6 is 0 Å². The number of hydrogen-bond acceptors (Lipinski definition) is 4. The average molecular weight is 379 g/mol. The first-order valence-electron chi connectivity index (χ1n) is 10.8. The average Bonchev–Trinajstić information content (AvgIpc) is 2.89. The Bertz CT molecular complexity index is 613. The first-order chi connectivity index (χ1) is 13.8. The van der Waals surface area contributed by atoms with Gasteiger partial charge in [-0.15, -0.1) is 0 Å². The van der Waals surface area contributed by atoms with Crippen LogP contribution in [0.1, 0.15) is 11.1 Å². The van der Waals surface area contributed by atoms with Crippen LogP contribution in [0.2, 0.25) is 0 Å². The molecule has 0 atom stereocenters. The van der Waals surface area contributed by atoms with Crippen molar-refractivity contribution in [2.24, 2.45) is 0 Å². The van der Waals surface area contributed by atoms with Crippen LogP contribution in [0.15, 0.2) is 60.7 Å². The van der Waals surface area contributed by atoms with E-state index in [-0.39, 0.29) is 0 Å². The summed E-state index contributed by atoms with van der Waals surface area (Å²) in [4.78, 5) is 10.6. The maximum atomic E-state index is 2.68. The lowest BCUT2D eigenvalue weighted by Crippen LogP contribution is -2.41. The van der Waals surface area contributed by atoms with E-state index < -0.39 is 0 Å². The van der Waals surface area contributed by atoms with Gasteiger partial charge in [-0.3, -0.25) is 19.6 Å². The number of rotatable bonds is 4. The van der Waals surface area contributed by atoms with Crippen molar-refractivity contribution in [3.8, 4) is 0 Å². The largest absolute Gasteiger partial charge is 0.300 e. The fraction of sp³-hybridized carbons (Fsp3) is 0.500. The Hall–Kier alpha value is -1.72. The minimum Gasteiger partial charge on any atom is -0.300 e. The van der Waals surface area contributed by atoms with E-state index in [1.54, 1.807) is 0 Å². The molecule has 0 aromatic heterocycles. The third-order valence-corrected chi connectivity index (χ3v) is 6.16. The highest BCUT2D eigenvalue weighted by molar-refractivity contribution is 5.15. The summed E-state index contributed by atoms with van der Waals surface area (Å²) in [5.41, 5.74) is 2.86. The van der Waals surface area contributed by atoms with Crippen molar-refractivity contribution in [3.05, 3.63) is 71.8 Å². The minimum atomic E-state index is 1.07. The lowest BCUT2D eigenvalue weighted by Gasteiger charge is -2.30. The fourth-order valence-corrected chi connectivity index (χ4v) is 4.31. The Labute approximate surface area is 170 Å². The Balaban J connectivity index is 1.37. The minimum absolute atomic E-state index is 1.07. The lowest BCUT2D eigenvalue weighted by atomic mass is 10.2. The number of hydrogen-bond donors (Lipinski definition) is 0. The summed E-state index contributed by atoms with van der Waals surface area (Å²) in [5, 5.41) is 0. The highest BCUT2D eigenvalue weighted by Crippen LogP contribution is 2.10. The molecule has 0 radical (unpaired) electrons. The van der Waals surface area contributed by atoms with E-state index in [1.807, 2.05) is 0 Å². The zero-order valence-electron chi connectivity index (χ0n) is 17.0. The van der Waals surface area contributed by atoms with Gasteiger partial charge in [0.2, 0.25) is 0 Å². The Morgan fingerprint density at radius 2 is 0.750 bits per heavy atom. The summed E-state index contributed by atoms with van der Waals surface area (Å²) >= 11 is 0. The summed E-state index contributed by atoms with van der Waals surface area (Å²) in [6, 6.07) is 21.9. The van der Waals surface area contributed by atoms with Crippen molar-refractivity contribution in [1.82, 2.24) is 19.6 Å². The number of benzene rings is 2. The van der Waals surface area contributed by atoms with Gasteiger partial charge in [0.1, 0.15) is 0 Å². The summed E-state index contributed by atoms with van der Waals surface area (Å²) in [6.07, 6.45) is 0. The molecule has 2 aliphatic rings. The highest BCUT2D eigenvalue weighted by atomic mass is 15.3. The van der Waals surface area contributed by atoms with E-state index >= 15 is 0 Å². The summed E-state index contributed by atoms with van der Waals surface area (Å²) in [6.45, 7) is 14.0. The zero-order chi connectivity index (χ0) is 19.0. The summed E-state index contributed by atoms with van der Waals surface area (Å²) in [5.74, 6) is 0. The van der Waals surface area contributed by atoms with Gasteiger partial charge in [0.25, 0.3) is 0 Å². The molecule has 2 bridgehead atoms. The van der Waals surface area contributed by atoms with Gasteiger partial charge >= 0.3 is 0 Å². The van der Waals surface area contributed by atoms with Crippen molar-refractivity contribution in [2.45, 2.75) is 13.1 Å². The third kappa shape index (κ3) is 5.89. The van der Waals surface area contributed by atoms with Gasteiger partial charge < -0.3 is 0 Å². The first-order valence-corrected chi connectivity index (χ1v) is 10.8. The van der Waals surface area contributed by atoms with Gasteiger partial charge in [0.15, 0.2) is 0 Å². The van der Waals surface area contributed by atoms with Gasteiger partial charge in [-0.2, -0.15) is 0 Å². The van der Waals surface area contributed by atoms with Gasteiger partial charge in [-0.05, 0) is 11.1 Å². The molecule has 4 rings (SSSR count). The molecular formula is C24H34N4. The van der Waals surface area contributed by atoms with Crippen LogP contribution < -0.4 is 0 Å². The van der Waals surface area contributed by atoms with E-state index in [9.17, 15) is 0 Å². The fourth-order valence-electron chi connectivity index (χ4n) is 4.31. The van der Waals surface area contributed by atoms with Crippen molar-refractivity contribution in [1.29, 1.82) is 0 Å². The third-order valence-electron chi connectivity index (χ3n) is 6.16. The molecule has 0 spiro atoms. The SMILES string of the molecule is c1ccc(CN2CCN3CCN(CC2)CCN(Cc2ccccc2)CC3)cc1. The van der Waals surface area contributed by atoms with E-state index in [0.29, 0.717) is 0 Å². The Kier molecular flexibility index (Phi) is 7.12. The van der Waals surface area contributed by atoms with Crippen molar-refractivity contribution < 1.29 is 0 Å². The van der Waals surface area contributed by atoms with E-state index in [1.165, 1.54) is 76.6 Å². The molecule has 4 nitrogen and oxygen atoms in total. The normalized spacial score (nSPS) is 25.1. The maximum absolute atomic E-state index is 2.68. The maximum Gasteiger partial charge on any atom is 0.0234 e. The summed E-state index contributed by atoms with van der Waals surface area (Å²) in [7, 11) is 0. The molecule has 28 heavy (non-hydrogen) atoms. The molecule has 0 saturated carbocycles.